The molecule has 2 saturated heterocycles. The molecule has 2 aliphatic heterocycles. The molecule has 3 heteroatoms. The number of hydrogen-bond donors (Lipinski definition) is 1. The molecule has 3 aliphatic rings. The van der Waals surface area contributed by atoms with Crippen molar-refractivity contribution in [1.82, 2.24) is 0 Å². The van der Waals surface area contributed by atoms with E-state index >= 15 is 0 Å². The van der Waals surface area contributed by atoms with E-state index in [1.807, 2.05) is 0 Å². The van der Waals surface area contributed by atoms with Crippen LogP contribution in [0.3, 0.4) is 0 Å². The number of ether oxygens (including phenoxy) is 2. The van der Waals surface area contributed by atoms with E-state index in [2.05, 4.69) is 6.92 Å². The predicted molar refractivity (Wildman–Crippen MR) is 80.6 cm³/mol. The van der Waals surface area contributed by atoms with Crippen molar-refractivity contribution in [2.45, 2.75) is 69.9 Å². The van der Waals surface area contributed by atoms with Crippen LogP contribution in [0.4, 0.5) is 0 Å². The van der Waals surface area contributed by atoms with Crippen LogP contribution in [0.2, 0.25) is 0 Å². The van der Waals surface area contributed by atoms with Gasteiger partial charge in [0, 0.05) is 25.7 Å². The van der Waals surface area contributed by atoms with Crippen LogP contribution >= 0.6 is 0 Å². The molecule has 20 heavy (non-hydrogen) atoms. The van der Waals surface area contributed by atoms with Crippen molar-refractivity contribution in [3.8, 4) is 0 Å². The molecule has 1 saturated carbocycles. The highest BCUT2D eigenvalue weighted by Gasteiger charge is 2.43. The minimum atomic E-state index is 0.0150. The Morgan fingerprint density at radius 2 is 1.90 bits per heavy atom. The largest absolute Gasteiger partial charge is 0.378 e. The van der Waals surface area contributed by atoms with Crippen molar-refractivity contribution in [3.63, 3.8) is 0 Å². The summed E-state index contributed by atoms with van der Waals surface area (Å²) in [4.78, 5) is 0. The molecule has 116 valence electrons. The summed E-state index contributed by atoms with van der Waals surface area (Å²) in [6.45, 7) is 4.86. The van der Waals surface area contributed by atoms with E-state index in [0.29, 0.717) is 12.0 Å². The zero-order valence-electron chi connectivity index (χ0n) is 13.0. The molecule has 3 atom stereocenters. The van der Waals surface area contributed by atoms with E-state index in [9.17, 15) is 0 Å². The molecular formula is C17H31NO2. The fourth-order valence-corrected chi connectivity index (χ4v) is 4.62. The SMILES string of the molecule is CCC1CCC(C(N)C2CCOC3(CCOC3)C2)CC1. The molecule has 3 unspecified atom stereocenters. The fourth-order valence-electron chi connectivity index (χ4n) is 4.62. The average Bonchev–Trinajstić information content (AvgIpc) is 2.94. The lowest BCUT2D eigenvalue weighted by atomic mass is 9.71. The molecule has 0 aromatic heterocycles. The average molecular weight is 281 g/mol. The third-order valence-corrected chi connectivity index (χ3v) is 6.16. The molecule has 3 rings (SSSR count). The Morgan fingerprint density at radius 3 is 2.55 bits per heavy atom. The van der Waals surface area contributed by atoms with Crippen LogP contribution in [0.15, 0.2) is 0 Å². The fraction of sp³-hybridized carbons (Fsp3) is 1.00. The van der Waals surface area contributed by atoms with Crippen molar-refractivity contribution in [3.05, 3.63) is 0 Å². The van der Waals surface area contributed by atoms with Gasteiger partial charge in [-0.2, -0.15) is 0 Å². The van der Waals surface area contributed by atoms with Crippen molar-refractivity contribution in [2.24, 2.45) is 23.5 Å². The molecule has 1 aliphatic carbocycles. The van der Waals surface area contributed by atoms with Crippen LogP contribution in [0.25, 0.3) is 0 Å². The van der Waals surface area contributed by atoms with E-state index in [1.165, 1.54) is 32.1 Å². The molecule has 3 nitrogen and oxygen atoms in total. The van der Waals surface area contributed by atoms with Gasteiger partial charge in [0.05, 0.1) is 12.2 Å². The zero-order valence-corrected chi connectivity index (χ0v) is 13.0. The second-order valence-electron chi connectivity index (χ2n) is 7.35. The summed E-state index contributed by atoms with van der Waals surface area (Å²) < 4.78 is 11.6. The van der Waals surface area contributed by atoms with Gasteiger partial charge in [-0.15, -0.1) is 0 Å². The zero-order chi connectivity index (χ0) is 14.0. The molecule has 0 radical (unpaired) electrons. The maximum atomic E-state index is 6.66. The van der Waals surface area contributed by atoms with E-state index < -0.39 is 0 Å². The van der Waals surface area contributed by atoms with Crippen LogP contribution in [0.1, 0.15) is 58.3 Å². The normalized spacial score (nSPS) is 43.8. The van der Waals surface area contributed by atoms with Crippen LogP contribution in [-0.4, -0.2) is 31.5 Å². The van der Waals surface area contributed by atoms with Crippen LogP contribution < -0.4 is 5.73 Å². The van der Waals surface area contributed by atoms with Gasteiger partial charge < -0.3 is 15.2 Å². The molecule has 0 aromatic rings. The Kier molecular flexibility index (Phi) is 4.68. The van der Waals surface area contributed by atoms with Gasteiger partial charge in [-0.05, 0) is 43.4 Å². The van der Waals surface area contributed by atoms with Crippen molar-refractivity contribution in [1.29, 1.82) is 0 Å². The topological polar surface area (TPSA) is 44.5 Å². The molecule has 1 spiro atoms. The summed E-state index contributed by atoms with van der Waals surface area (Å²) in [6, 6.07) is 0.384. The lowest BCUT2D eigenvalue weighted by molar-refractivity contribution is -0.104. The standard InChI is InChI=1S/C17H31NO2/c1-2-13-3-5-14(6-4-13)16(18)15-7-9-20-17(11-15)8-10-19-12-17/h13-16H,2-12,18H2,1H3. The minimum absolute atomic E-state index is 0.0150. The maximum Gasteiger partial charge on any atom is 0.0939 e. The maximum absolute atomic E-state index is 6.66. The Bertz CT molecular complexity index is 306. The highest BCUT2D eigenvalue weighted by Crippen LogP contribution is 2.41. The lowest BCUT2D eigenvalue weighted by Gasteiger charge is -2.42. The molecule has 3 fully saturated rings. The number of nitrogens with two attached hydrogens (primary N) is 1. The van der Waals surface area contributed by atoms with E-state index in [4.69, 9.17) is 15.2 Å². The third kappa shape index (κ3) is 3.05. The first-order valence-corrected chi connectivity index (χ1v) is 8.70. The predicted octanol–water partition coefficient (Wildman–Crippen LogP) is 3.12. The van der Waals surface area contributed by atoms with Gasteiger partial charge >= 0.3 is 0 Å². The summed E-state index contributed by atoms with van der Waals surface area (Å²) in [5, 5.41) is 0. The summed E-state index contributed by atoms with van der Waals surface area (Å²) in [5.74, 6) is 2.36. The third-order valence-electron chi connectivity index (χ3n) is 6.16. The minimum Gasteiger partial charge on any atom is -0.378 e. The molecule has 2 heterocycles. The second kappa shape index (κ2) is 6.33. The summed E-state index contributed by atoms with van der Waals surface area (Å²) in [5.41, 5.74) is 6.68. The van der Waals surface area contributed by atoms with Crippen LogP contribution in [0, 0.1) is 17.8 Å². The Morgan fingerprint density at radius 1 is 1.10 bits per heavy atom. The van der Waals surface area contributed by atoms with Crippen molar-refractivity contribution in [2.75, 3.05) is 19.8 Å². The highest BCUT2D eigenvalue weighted by atomic mass is 16.6. The van der Waals surface area contributed by atoms with Crippen molar-refractivity contribution >= 4 is 0 Å². The number of rotatable bonds is 3. The van der Waals surface area contributed by atoms with Gasteiger partial charge in [0.25, 0.3) is 0 Å². The first-order valence-electron chi connectivity index (χ1n) is 8.70. The van der Waals surface area contributed by atoms with Gasteiger partial charge in [-0.1, -0.05) is 26.2 Å². The summed E-state index contributed by atoms with van der Waals surface area (Å²) >= 11 is 0. The highest BCUT2D eigenvalue weighted by molar-refractivity contribution is 4.95. The molecule has 0 bridgehead atoms. The van der Waals surface area contributed by atoms with E-state index in [1.54, 1.807) is 0 Å². The molecule has 0 aromatic carbocycles. The molecular weight excluding hydrogens is 250 g/mol. The first kappa shape index (κ1) is 14.8. The first-order chi connectivity index (χ1) is 9.72. The second-order valence-corrected chi connectivity index (χ2v) is 7.35. The van der Waals surface area contributed by atoms with E-state index in [0.717, 1.165) is 50.9 Å². The molecule has 0 amide bonds. The van der Waals surface area contributed by atoms with Crippen molar-refractivity contribution < 1.29 is 9.47 Å². The Hall–Kier alpha value is -0.120. The van der Waals surface area contributed by atoms with Crippen LogP contribution in [0.5, 0.6) is 0 Å². The van der Waals surface area contributed by atoms with Gasteiger partial charge in [0.2, 0.25) is 0 Å². The smallest absolute Gasteiger partial charge is 0.0939 e. The van der Waals surface area contributed by atoms with E-state index in [-0.39, 0.29) is 5.60 Å². The molecule has 2 N–H and O–H groups in total. The monoisotopic (exact) mass is 281 g/mol. The van der Waals surface area contributed by atoms with Gasteiger partial charge in [-0.25, -0.2) is 0 Å². The summed E-state index contributed by atoms with van der Waals surface area (Å²) in [6.07, 6.45) is 10.2. The van der Waals surface area contributed by atoms with Gasteiger partial charge in [0.15, 0.2) is 0 Å². The van der Waals surface area contributed by atoms with Gasteiger partial charge in [0.1, 0.15) is 0 Å². The Labute approximate surface area is 123 Å². The number of hydrogen-bond acceptors (Lipinski definition) is 3. The summed E-state index contributed by atoms with van der Waals surface area (Å²) in [7, 11) is 0. The quantitative estimate of drug-likeness (QED) is 0.864. The van der Waals surface area contributed by atoms with Gasteiger partial charge in [-0.3, -0.25) is 0 Å². The lowest BCUT2D eigenvalue weighted by Crippen LogP contribution is -2.48. The van der Waals surface area contributed by atoms with Crippen LogP contribution in [-0.2, 0) is 9.47 Å². The Balaban J connectivity index is 1.55.